The Morgan fingerprint density at radius 3 is 1.27 bits per heavy atom. The van der Waals surface area contributed by atoms with Crippen LogP contribution in [0.4, 0.5) is 11.4 Å². The van der Waals surface area contributed by atoms with Gasteiger partial charge in [0.1, 0.15) is 24.7 Å². The van der Waals surface area contributed by atoms with Crippen molar-refractivity contribution in [2.45, 2.75) is 0 Å². The molecule has 0 heterocycles. The van der Waals surface area contributed by atoms with Crippen LogP contribution in [0.1, 0.15) is 0 Å². The van der Waals surface area contributed by atoms with Crippen LogP contribution in [0, 0.1) is 0 Å². The zero-order valence-electron chi connectivity index (χ0n) is 17.4. The molecule has 3 aromatic rings. The van der Waals surface area contributed by atoms with Gasteiger partial charge >= 0.3 is 0 Å². The minimum atomic E-state index is 0.434. The monoisotopic (exact) mass is 408 g/mol. The third kappa shape index (κ3) is 5.43. The number of nitrogens with two attached hydrogens (primary N) is 2. The van der Waals surface area contributed by atoms with Gasteiger partial charge in [-0.2, -0.15) is 0 Å². The van der Waals surface area contributed by atoms with Crippen LogP contribution < -0.4 is 20.9 Å². The Balaban J connectivity index is 2.10. The van der Waals surface area contributed by atoms with Crippen LogP contribution in [0.25, 0.3) is 22.3 Å². The van der Waals surface area contributed by atoms with Crippen LogP contribution in [0.2, 0.25) is 0 Å². The van der Waals surface area contributed by atoms with E-state index in [4.69, 9.17) is 30.4 Å². The summed E-state index contributed by atoms with van der Waals surface area (Å²) in [6, 6.07) is 19.3. The third-order valence-corrected chi connectivity index (χ3v) is 4.62. The van der Waals surface area contributed by atoms with E-state index >= 15 is 0 Å². The van der Waals surface area contributed by atoms with Crippen molar-refractivity contribution < 1.29 is 18.9 Å². The van der Waals surface area contributed by atoms with Gasteiger partial charge in [0.05, 0.1) is 13.2 Å². The van der Waals surface area contributed by atoms with E-state index in [2.05, 4.69) is 0 Å². The number of anilines is 2. The molecule has 6 heteroatoms. The molecule has 0 radical (unpaired) electrons. The first-order valence-electron chi connectivity index (χ1n) is 9.75. The van der Waals surface area contributed by atoms with Gasteiger partial charge in [-0.05, 0) is 47.5 Å². The molecule has 0 aliphatic heterocycles. The highest BCUT2D eigenvalue weighted by Gasteiger charge is 2.16. The van der Waals surface area contributed by atoms with Crippen LogP contribution >= 0.6 is 0 Å². The van der Waals surface area contributed by atoms with Crippen LogP contribution in [0.5, 0.6) is 11.5 Å². The van der Waals surface area contributed by atoms with Crippen LogP contribution in [-0.2, 0) is 9.47 Å². The summed E-state index contributed by atoms with van der Waals surface area (Å²) < 4.78 is 22.4. The molecule has 0 aliphatic carbocycles. The van der Waals surface area contributed by atoms with Gasteiger partial charge in [-0.1, -0.05) is 24.3 Å². The number of benzene rings is 3. The first-order chi connectivity index (χ1) is 14.6. The second kappa shape index (κ2) is 10.5. The van der Waals surface area contributed by atoms with Crippen molar-refractivity contribution >= 4 is 11.4 Å². The van der Waals surface area contributed by atoms with Gasteiger partial charge in [0.25, 0.3) is 0 Å². The lowest BCUT2D eigenvalue weighted by Gasteiger charge is -2.18. The van der Waals surface area contributed by atoms with Crippen LogP contribution in [-0.4, -0.2) is 40.6 Å². The van der Waals surface area contributed by atoms with Gasteiger partial charge < -0.3 is 30.4 Å². The molecule has 0 unspecified atom stereocenters. The molecule has 0 spiro atoms. The fourth-order valence-corrected chi connectivity index (χ4v) is 3.05. The molecular formula is C24H28N2O4. The summed E-state index contributed by atoms with van der Waals surface area (Å²) in [7, 11) is 3.30. The lowest BCUT2D eigenvalue weighted by Crippen LogP contribution is -2.08. The second-order valence-corrected chi connectivity index (χ2v) is 6.77. The van der Waals surface area contributed by atoms with Crippen molar-refractivity contribution in [1.82, 2.24) is 0 Å². The Morgan fingerprint density at radius 2 is 0.933 bits per heavy atom. The molecule has 0 atom stereocenters. The maximum atomic E-state index is 6.07. The van der Waals surface area contributed by atoms with Crippen LogP contribution in [0.3, 0.4) is 0 Å². The lowest BCUT2D eigenvalue weighted by molar-refractivity contribution is 0.145. The van der Waals surface area contributed by atoms with E-state index in [9.17, 15) is 0 Å². The minimum Gasteiger partial charge on any atom is -0.491 e. The maximum Gasteiger partial charge on any atom is 0.128 e. The van der Waals surface area contributed by atoms with Crippen molar-refractivity contribution in [2.75, 3.05) is 52.1 Å². The van der Waals surface area contributed by atoms with Crippen molar-refractivity contribution in [2.24, 2.45) is 0 Å². The summed E-state index contributed by atoms with van der Waals surface area (Å²) in [4.78, 5) is 0. The van der Waals surface area contributed by atoms with E-state index < -0.39 is 0 Å². The zero-order valence-corrected chi connectivity index (χ0v) is 17.4. The fraction of sp³-hybridized carbons (Fsp3) is 0.250. The highest BCUT2D eigenvalue weighted by atomic mass is 16.5. The summed E-state index contributed by atoms with van der Waals surface area (Å²) in [5.74, 6) is 1.48. The maximum absolute atomic E-state index is 6.07. The van der Waals surface area contributed by atoms with E-state index in [0.29, 0.717) is 37.8 Å². The molecule has 0 aromatic heterocycles. The summed E-state index contributed by atoms with van der Waals surface area (Å²) in [5, 5.41) is 0. The van der Waals surface area contributed by atoms with Crippen molar-refractivity contribution in [3.05, 3.63) is 60.7 Å². The highest BCUT2D eigenvalue weighted by Crippen LogP contribution is 2.41. The predicted octanol–water partition coefficient (Wildman–Crippen LogP) is 4.24. The molecule has 3 aromatic carbocycles. The van der Waals surface area contributed by atoms with Gasteiger partial charge in [-0.25, -0.2) is 0 Å². The molecule has 0 saturated carbocycles. The van der Waals surface area contributed by atoms with Gasteiger partial charge in [0, 0.05) is 36.7 Å². The first-order valence-corrected chi connectivity index (χ1v) is 9.75. The number of ether oxygens (including phenoxy) is 4. The van der Waals surface area contributed by atoms with Gasteiger partial charge in [-0.15, -0.1) is 0 Å². The van der Waals surface area contributed by atoms with Crippen LogP contribution in [0.15, 0.2) is 60.7 Å². The quantitative estimate of drug-likeness (QED) is 0.385. The van der Waals surface area contributed by atoms with Gasteiger partial charge in [0.2, 0.25) is 0 Å². The molecule has 0 aliphatic rings. The smallest absolute Gasteiger partial charge is 0.128 e. The highest BCUT2D eigenvalue weighted by molar-refractivity contribution is 5.82. The largest absolute Gasteiger partial charge is 0.491 e. The molecule has 30 heavy (non-hydrogen) atoms. The topological polar surface area (TPSA) is 89.0 Å². The Morgan fingerprint density at radius 1 is 0.567 bits per heavy atom. The fourth-order valence-electron chi connectivity index (χ4n) is 3.05. The Hall–Kier alpha value is -3.22. The molecule has 0 fully saturated rings. The number of nitrogen functional groups attached to an aromatic ring is 2. The van der Waals surface area contributed by atoms with Crippen molar-refractivity contribution in [3.63, 3.8) is 0 Å². The molecular weight excluding hydrogens is 380 g/mol. The van der Waals surface area contributed by atoms with E-state index in [1.807, 2.05) is 60.7 Å². The molecule has 4 N–H and O–H groups in total. The van der Waals surface area contributed by atoms with E-state index in [1.165, 1.54) is 0 Å². The third-order valence-electron chi connectivity index (χ3n) is 4.62. The molecule has 158 valence electrons. The molecule has 6 nitrogen and oxygen atoms in total. The average Bonchev–Trinajstić information content (AvgIpc) is 2.76. The Bertz CT molecular complexity index is 861. The number of hydrogen-bond acceptors (Lipinski definition) is 6. The van der Waals surface area contributed by atoms with Gasteiger partial charge in [0.15, 0.2) is 0 Å². The second-order valence-electron chi connectivity index (χ2n) is 6.77. The van der Waals surface area contributed by atoms with E-state index in [-0.39, 0.29) is 0 Å². The van der Waals surface area contributed by atoms with E-state index in [1.54, 1.807) is 14.2 Å². The van der Waals surface area contributed by atoms with E-state index in [0.717, 1.165) is 33.8 Å². The zero-order chi connectivity index (χ0) is 21.3. The van der Waals surface area contributed by atoms with Crippen molar-refractivity contribution in [3.8, 4) is 33.8 Å². The number of rotatable bonds is 10. The Labute approximate surface area is 177 Å². The molecule has 0 saturated heterocycles. The number of hydrogen-bond donors (Lipinski definition) is 2. The molecule has 3 rings (SSSR count). The Kier molecular flexibility index (Phi) is 7.54. The minimum absolute atomic E-state index is 0.434. The predicted molar refractivity (Wildman–Crippen MR) is 121 cm³/mol. The average molecular weight is 408 g/mol. The molecule has 0 bridgehead atoms. The van der Waals surface area contributed by atoms with Crippen molar-refractivity contribution in [1.29, 1.82) is 0 Å². The first kappa shape index (κ1) is 21.5. The SMILES string of the molecule is COCCOc1cc(-c2ccc(N)cc2)c(OCCOC)cc1-c1ccc(N)cc1. The normalized spacial score (nSPS) is 10.7. The lowest BCUT2D eigenvalue weighted by atomic mass is 9.97. The summed E-state index contributed by atoms with van der Waals surface area (Å²) in [5.41, 5.74) is 16.9. The summed E-state index contributed by atoms with van der Waals surface area (Å²) in [6.45, 7) is 1.85. The summed E-state index contributed by atoms with van der Waals surface area (Å²) in [6.07, 6.45) is 0. The molecule has 0 amide bonds. The van der Waals surface area contributed by atoms with Gasteiger partial charge in [-0.3, -0.25) is 0 Å². The summed E-state index contributed by atoms with van der Waals surface area (Å²) >= 11 is 0. The number of methoxy groups -OCH3 is 2. The standard InChI is InChI=1S/C24H28N2O4/c1-27-11-13-29-23-15-22(18-5-9-20(26)10-6-18)24(30-14-12-28-2)16-21(23)17-3-7-19(25)8-4-17/h3-10,15-16H,11-14,25-26H2,1-2H3.